The maximum absolute atomic E-state index is 12.2. The van der Waals surface area contributed by atoms with E-state index in [0.717, 1.165) is 11.3 Å². The van der Waals surface area contributed by atoms with E-state index in [9.17, 15) is 9.90 Å². The van der Waals surface area contributed by atoms with Crippen molar-refractivity contribution in [3.05, 3.63) is 23.8 Å². The highest BCUT2D eigenvalue weighted by Gasteiger charge is 2.18. The summed E-state index contributed by atoms with van der Waals surface area (Å²) in [6.07, 6.45) is -0.708. The van der Waals surface area contributed by atoms with Gasteiger partial charge in [-0.15, -0.1) is 0 Å². The van der Waals surface area contributed by atoms with Crippen LogP contribution >= 0.6 is 0 Å². The lowest BCUT2D eigenvalue weighted by Crippen LogP contribution is -2.43. The number of nitrogens with zero attached hydrogens (tertiary/aromatic N) is 1. The fraction of sp³-hybridized carbons (Fsp3) is 0.562. The summed E-state index contributed by atoms with van der Waals surface area (Å²) in [5.74, 6) is 1.41. The van der Waals surface area contributed by atoms with E-state index in [1.165, 1.54) is 12.0 Å². The van der Waals surface area contributed by atoms with Crippen LogP contribution in [0.1, 0.15) is 18.5 Å². The third kappa shape index (κ3) is 4.74. The molecule has 2 rings (SSSR count). The SMILES string of the molecule is COC[C@@H](O)CN(C)C(=O)N[C@@H](C)c1ccc2c(c1)OCCO2. The Morgan fingerprint density at radius 1 is 1.39 bits per heavy atom. The molecule has 0 unspecified atom stereocenters. The number of amides is 2. The maximum Gasteiger partial charge on any atom is 0.317 e. The van der Waals surface area contributed by atoms with Gasteiger partial charge in [0, 0.05) is 14.2 Å². The van der Waals surface area contributed by atoms with Gasteiger partial charge in [-0.25, -0.2) is 4.79 Å². The second kappa shape index (κ2) is 8.03. The van der Waals surface area contributed by atoms with E-state index in [4.69, 9.17) is 14.2 Å². The zero-order chi connectivity index (χ0) is 16.8. The summed E-state index contributed by atoms with van der Waals surface area (Å²) in [6, 6.07) is 5.17. The van der Waals surface area contributed by atoms with Crippen molar-refractivity contribution in [3.63, 3.8) is 0 Å². The number of carbonyl (C=O) groups excluding carboxylic acids is 1. The third-order valence-electron chi connectivity index (χ3n) is 3.60. The molecular formula is C16H24N2O5. The molecular weight excluding hydrogens is 300 g/mol. The van der Waals surface area contributed by atoms with Crippen LogP contribution < -0.4 is 14.8 Å². The van der Waals surface area contributed by atoms with Gasteiger partial charge in [0.15, 0.2) is 11.5 Å². The number of aliphatic hydroxyl groups is 1. The first-order chi connectivity index (χ1) is 11.0. The number of aliphatic hydroxyl groups excluding tert-OH is 1. The normalized spacial score (nSPS) is 15.7. The summed E-state index contributed by atoms with van der Waals surface area (Å²) in [4.78, 5) is 13.6. The van der Waals surface area contributed by atoms with Gasteiger partial charge in [-0.3, -0.25) is 0 Å². The van der Waals surface area contributed by atoms with E-state index in [2.05, 4.69) is 5.32 Å². The minimum atomic E-state index is -0.708. The summed E-state index contributed by atoms with van der Waals surface area (Å²) in [5, 5.41) is 12.6. The number of fused-ring (bicyclic) bond motifs is 1. The second-order valence-electron chi connectivity index (χ2n) is 5.56. The standard InChI is InChI=1S/C16H24N2O5/c1-11(17-16(20)18(2)9-13(19)10-21-3)12-4-5-14-15(8-12)23-7-6-22-14/h4-5,8,11,13,19H,6-7,9-10H2,1-3H3,(H,17,20)/t11-,13-/m0/s1. The smallest absolute Gasteiger partial charge is 0.317 e. The number of methoxy groups -OCH3 is 1. The van der Waals surface area contributed by atoms with Crippen molar-refractivity contribution in [3.8, 4) is 11.5 Å². The first-order valence-electron chi connectivity index (χ1n) is 7.59. The average Bonchev–Trinajstić information content (AvgIpc) is 2.54. The number of urea groups is 1. The van der Waals surface area contributed by atoms with E-state index >= 15 is 0 Å². The number of ether oxygens (including phenoxy) is 3. The van der Waals surface area contributed by atoms with Crippen molar-refractivity contribution in [2.45, 2.75) is 19.1 Å². The predicted octanol–water partition coefficient (Wildman–Crippen LogP) is 1.17. The van der Waals surface area contributed by atoms with Gasteiger partial charge in [-0.2, -0.15) is 0 Å². The molecule has 0 saturated heterocycles. The van der Waals surface area contributed by atoms with E-state index in [-0.39, 0.29) is 25.2 Å². The van der Waals surface area contributed by atoms with Crippen LogP contribution in [-0.4, -0.2) is 62.7 Å². The lowest BCUT2D eigenvalue weighted by atomic mass is 10.1. The molecule has 0 bridgehead atoms. The molecule has 2 atom stereocenters. The summed E-state index contributed by atoms with van der Waals surface area (Å²) in [7, 11) is 3.14. The molecule has 2 amide bonds. The van der Waals surface area contributed by atoms with Crippen molar-refractivity contribution in [1.82, 2.24) is 10.2 Å². The number of carbonyl (C=O) groups is 1. The van der Waals surface area contributed by atoms with Gasteiger partial charge in [0.2, 0.25) is 0 Å². The molecule has 1 aliphatic rings. The molecule has 0 aromatic heterocycles. The van der Waals surface area contributed by atoms with Gasteiger partial charge in [-0.05, 0) is 24.6 Å². The zero-order valence-corrected chi connectivity index (χ0v) is 13.7. The van der Waals surface area contributed by atoms with Crippen molar-refractivity contribution in [2.24, 2.45) is 0 Å². The fourth-order valence-corrected chi connectivity index (χ4v) is 2.35. The number of likely N-dealkylation sites (N-methyl/N-ethyl adjacent to an activating group) is 1. The third-order valence-corrected chi connectivity index (χ3v) is 3.60. The van der Waals surface area contributed by atoms with Gasteiger partial charge in [0.05, 0.1) is 25.3 Å². The summed E-state index contributed by atoms with van der Waals surface area (Å²) >= 11 is 0. The molecule has 1 aliphatic heterocycles. The Morgan fingerprint density at radius 2 is 2.09 bits per heavy atom. The van der Waals surface area contributed by atoms with Crippen molar-refractivity contribution >= 4 is 6.03 Å². The Balaban J connectivity index is 1.93. The topological polar surface area (TPSA) is 80.3 Å². The van der Waals surface area contributed by atoms with Crippen LogP contribution in [-0.2, 0) is 4.74 Å². The lowest BCUT2D eigenvalue weighted by molar-refractivity contribution is 0.0488. The second-order valence-corrected chi connectivity index (χ2v) is 5.56. The van der Waals surface area contributed by atoms with E-state index in [0.29, 0.717) is 19.0 Å². The maximum atomic E-state index is 12.2. The van der Waals surface area contributed by atoms with Crippen LogP contribution in [0.15, 0.2) is 18.2 Å². The highest BCUT2D eigenvalue weighted by molar-refractivity contribution is 5.74. The Bertz CT molecular complexity index is 537. The molecule has 0 aliphatic carbocycles. The monoisotopic (exact) mass is 324 g/mol. The Labute approximate surface area is 136 Å². The van der Waals surface area contributed by atoms with Gasteiger partial charge >= 0.3 is 6.03 Å². The van der Waals surface area contributed by atoms with Crippen LogP contribution in [0.25, 0.3) is 0 Å². The van der Waals surface area contributed by atoms with Gasteiger partial charge < -0.3 is 29.5 Å². The van der Waals surface area contributed by atoms with Crippen molar-refractivity contribution < 1.29 is 24.1 Å². The van der Waals surface area contributed by atoms with Crippen LogP contribution in [0.3, 0.4) is 0 Å². The number of hydrogen-bond acceptors (Lipinski definition) is 5. The zero-order valence-electron chi connectivity index (χ0n) is 13.7. The molecule has 1 aromatic carbocycles. The van der Waals surface area contributed by atoms with Crippen LogP contribution in [0.2, 0.25) is 0 Å². The fourth-order valence-electron chi connectivity index (χ4n) is 2.35. The van der Waals surface area contributed by atoms with E-state index in [1.807, 2.05) is 25.1 Å². The van der Waals surface area contributed by atoms with Gasteiger partial charge in [-0.1, -0.05) is 6.07 Å². The summed E-state index contributed by atoms with van der Waals surface area (Å²) < 4.78 is 15.9. The molecule has 0 saturated carbocycles. The molecule has 7 nitrogen and oxygen atoms in total. The molecule has 2 N–H and O–H groups in total. The molecule has 1 heterocycles. The van der Waals surface area contributed by atoms with E-state index < -0.39 is 6.10 Å². The van der Waals surface area contributed by atoms with Crippen molar-refractivity contribution in [1.29, 1.82) is 0 Å². The highest BCUT2D eigenvalue weighted by atomic mass is 16.6. The number of hydrogen-bond donors (Lipinski definition) is 2. The summed E-state index contributed by atoms with van der Waals surface area (Å²) in [5.41, 5.74) is 0.924. The lowest BCUT2D eigenvalue weighted by Gasteiger charge is -2.24. The number of rotatable bonds is 6. The molecule has 128 valence electrons. The minimum absolute atomic E-state index is 0.190. The minimum Gasteiger partial charge on any atom is -0.486 e. The van der Waals surface area contributed by atoms with Crippen LogP contribution in [0.5, 0.6) is 11.5 Å². The van der Waals surface area contributed by atoms with Crippen molar-refractivity contribution in [2.75, 3.05) is 40.5 Å². The van der Waals surface area contributed by atoms with E-state index in [1.54, 1.807) is 7.05 Å². The number of benzene rings is 1. The van der Waals surface area contributed by atoms with Gasteiger partial charge in [0.1, 0.15) is 13.2 Å². The Morgan fingerprint density at radius 3 is 2.78 bits per heavy atom. The Kier molecular flexibility index (Phi) is 6.06. The number of nitrogens with one attached hydrogen (secondary N) is 1. The average molecular weight is 324 g/mol. The first-order valence-corrected chi connectivity index (χ1v) is 7.59. The molecule has 7 heteroatoms. The quantitative estimate of drug-likeness (QED) is 0.821. The molecule has 1 aromatic rings. The molecule has 0 radical (unpaired) electrons. The highest BCUT2D eigenvalue weighted by Crippen LogP contribution is 2.32. The van der Waals surface area contributed by atoms with Crippen LogP contribution in [0.4, 0.5) is 4.79 Å². The van der Waals surface area contributed by atoms with Gasteiger partial charge in [0.25, 0.3) is 0 Å². The molecule has 0 fully saturated rings. The largest absolute Gasteiger partial charge is 0.486 e. The molecule has 23 heavy (non-hydrogen) atoms. The van der Waals surface area contributed by atoms with Crippen LogP contribution in [0, 0.1) is 0 Å². The first kappa shape index (κ1) is 17.4. The Hall–Kier alpha value is -1.99. The molecule has 0 spiro atoms. The summed E-state index contributed by atoms with van der Waals surface area (Å²) in [6.45, 7) is 3.36. The predicted molar refractivity (Wildman–Crippen MR) is 84.9 cm³/mol.